The molecule has 1 aromatic heterocycles. The fourth-order valence-corrected chi connectivity index (χ4v) is 3.80. The molecule has 0 aliphatic rings. The number of hydrogen-bond donors (Lipinski definition) is 2. The zero-order valence-electron chi connectivity index (χ0n) is 10.2. The summed E-state index contributed by atoms with van der Waals surface area (Å²) < 4.78 is 61.6. The van der Waals surface area contributed by atoms with E-state index in [-0.39, 0.29) is 28.6 Å². The van der Waals surface area contributed by atoms with Gasteiger partial charge in [-0.05, 0) is 25.0 Å². The minimum atomic E-state index is -4.21. The Morgan fingerprint density at radius 2 is 2.00 bits per heavy atom. The molecule has 1 aromatic rings. The molecule has 1 heterocycles. The summed E-state index contributed by atoms with van der Waals surface area (Å²) in [6.07, 6.45) is -5.13. The molecule has 3 N–H and O–H groups in total. The summed E-state index contributed by atoms with van der Waals surface area (Å²) >= 11 is 5.64. The number of nitrogens with one attached hydrogen (secondary N) is 1. The lowest BCUT2D eigenvalue weighted by atomic mass is 10.2. The van der Waals surface area contributed by atoms with Crippen LogP contribution in [0.2, 0.25) is 0 Å². The Kier molecular flexibility index (Phi) is 5.92. The van der Waals surface area contributed by atoms with Crippen LogP contribution in [0.5, 0.6) is 0 Å². The molecule has 0 atom stereocenters. The van der Waals surface area contributed by atoms with Gasteiger partial charge in [0.05, 0.1) is 4.88 Å². The molecule has 0 bridgehead atoms. The van der Waals surface area contributed by atoms with Gasteiger partial charge in [-0.2, -0.15) is 13.2 Å². The number of rotatable bonds is 7. The van der Waals surface area contributed by atoms with Gasteiger partial charge in [0.1, 0.15) is 9.20 Å². The van der Waals surface area contributed by atoms with E-state index in [4.69, 9.17) is 18.0 Å². The van der Waals surface area contributed by atoms with Crippen molar-refractivity contribution in [1.82, 2.24) is 4.72 Å². The van der Waals surface area contributed by atoms with E-state index in [0.717, 1.165) is 11.3 Å². The predicted octanol–water partition coefficient (Wildman–Crippen LogP) is 2.39. The molecule has 0 aliphatic carbocycles. The van der Waals surface area contributed by atoms with Crippen molar-refractivity contribution in [3.63, 3.8) is 0 Å². The summed E-state index contributed by atoms with van der Waals surface area (Å²) in [6, 6.07) is 2.85. The molecule has 4 nitrogen and oxygen atoms in total. The van der Waals surface area contributed by atoms with Gasteiger partial charge in [-0.15, -0.1) is 11.3 Å². The summed E-state index contributed by atoms with van der Waals surface area (Å²) in [6.45, 7) is -0.0429. The molecule has 0 aromatic carbocycles. The van der Waals surface area contributed by atoms with Crippen LogP contribution in [0.15, 0.2) is 16.3 Å². The SMILES string of the molecule is NC(=S)c1ccc(S(=O)(=O)NCCCCC(F)(F)F)s1. The van der Waals surface area contributed by atoms with Crippen LogP contribution < -0.4 is 10.5 Å². The second kappa shape index (κ2) is 6.83. The van der Waals surface area contributed by atoms with Crippen molar-refractivity contribution < 1.29 is 21.6 Å². The van der Waals surface area contributed by atoms with Crippen LogP contribution in [0.25, 0.3) is 0 Å². The zero-order chi connectivity index (χ0) is 15.4. The van der Waals surface area contributed by atoms with E-state index in [1.165, 1.54) is 12.1 Å². The molecule has 0 saturated carbocycles. The van der Waals surface area contributed by atoms with E-state index in [9.17, 15) is 21.6 Å². The van der Waals surface area contributed by atoms with Crippen molar-refractivity contribution in [2.45, 2.75) is 29.6 Å². The Bertz CT molecular complexity index is 567. The third-order valence-electron chi connectivity index (χ3n) is 2.27. The van der Waals surface area contributed by atoms with Gasteiger partial charge in [0.15, 0.2) is 0 Å². The number of nitrogens with two attached hydrogens (primary N) is 1. The highest BCUT2D eigenvalue weighted by Crippen LogP contribution is 2.23. The smallest absolute Gasteiger partial charge is 0.389 e. The average molecular weight is 346 g/mol. The Labute approximate surface area is 124 Å². The van der Waals surface area contributed by atoms with Crippen molar-refractivity contribution in [1.29, 1.82) is 0 Å². The van der Waals surface area contributed by atoms with E-state index in [1.54, 1.807) is 0 Å². The highest BCUT2D eigenvalue weighted by Gasteiger charge is 2.26. The summed E-state index contributed by atoms with van der Waals surface area (Å²) in [5.74, 6) is 0. The molecule has 0 unspecified atom stereocenters. The van der Waals surface area contributed by atoms with E-state index < -0.39 is 22.6 Å². The summed E-state index contributed by atoms with van der Waals surface area (Å²) in [7, 11) is -3.72. The number of unbranched alkanes of at least 4 members (excludes halogenated alkanes) is 1. The standard InChI is InChI=1S/C10H13F3N2O2S3/c11-10(12,13)5-1-2-6-15-20(16,17)8-4-3-7(19-8)9(14)18/h3-4,15H,1-2,5-6H2,(H2,14,18). The molecule has 0 spiro atoms. The topological polar surface area (TPSA) is 72.2 Å². The first-order valence-electron chi connectivity index (χ1n) is 5.58. The highest BCUT2D eigenvalue weighted by atomic mass is 32.2. The van der Waals surface area contributed by atoms with E-state index in [1.807, 2.05) is 0 Å². The van der Waals surface area contributed by atoms with Gasteiger partial charge in [0.25, 0.3) is 0 Å². The molecule has 0 radical (unpaired) electrons. The summed E-state index contributed by atoms with van der Waals surface area (Å²) in [5, 5.41) is 0. The van der Waals surface area contributed by atoms with Crippen molar-refractivity contribution in [3.05, 3.63) is 17.0 Å². The number of hydrogen-bond acceptors (Lipinski definition) is 4. The van der Waals surface area contributed by atoms with Gasteiger partial charge in [-0.25, -0.2) is 13.1 Å². The number of thiocarbonyl (C=S) groups is 1. The van der Waals surface area contributed by atoms with E-state index in [0.29, 0.717) is 4.88 Å². The molecule has 0 saturated heterocycles. The molecular weight excluding hydrogens is 333 g/mol. The second-order valence-corrected chi connectivity index (χ2v) is 7.47. The third kappa shape index (κ3) is 5.73. The van der Waals surface area contributed by atoms with Crippen LogP contribution in [0, 0.1) is 0 Å². The molecular formula is C10H13F3N2O2S3. The lowest BCUT2D eigenvalue weighted by molar-refractivity contribution is -0.135. The van der Waals surface area contributed by atoms with Gasteiger partial charge in [-0.3, -0.25) is 0 Å². The van der Waals surface area contributed by atoms with Crippen molar-refractivity contribution in [3.8, 4) is 0 Å². The molecule has 20 heavy (non-hydrogen) atoms. The Balaban J connectivity index is 2.47. The molecule has 0 amide bonds. The minimum absolute atomic E-state index is 0.0381. The Hall–Kier alpha value is -0.710. The second-order valence-electron chi connectivity index (χ2n) is 3.95. The van der Waals surface area contributed by atoms with E-state index >= 15 is 0 Å². The first-order valence-corrected chi connectivity index (χ1v) is 8.29. The maximum atomic E-state index is 11.9. The highest BCUT2D eigenvalue weighted by molar-refractivity contribution is 7.91. The van der Waals surface area contributed by atoms with Gasteiger partial charge in [-0.1, -0.05) is 12.2 Å². The lowest BCUT2D eigenvalue weighted by Crippen LogP contribution is -2.24. The van der Waals surface area contributed by atoms with Gasteiger partial charge < -0.3 is 5.73 Å². The number of sulfonamides is 1. The van der Waals surface area contributed by atoms with Gasteiger partial charge >= 0.3 is 6.18 Å². The first-order chi connectivity index (χ1) is 9.12. The van der Waals surface area contributed by atoms with Crippen LogP contribution in [0.3, 0.4) is 0 Å². The van der Waals surface area contributed by atoms with Gasteiger partial charge in [0.2, 0.25) is 10.0 Å². The van der Waals surface area contributed by atoms with Crippen molar-refractivity contribution in [2.24, 2.45) is 5.73 Å². The number of thiophene rings is 1. The Morgan fingerprint density at radius 1 is 1.35 bits per heavy atom. The summed E-state index contributed by atoms with van der Waals surface area (Å²) in [4.78, 5) is 0.569. The fraction of sp³-hybridized carbons (Fsp3) is 0.500. The lowest BCUT2D eigenvalue weighted by Gasteiger charge is -2.06. The summed E-state index contributed by atoms with van der Waals surface area (Å²) in [5.41, 5.74) is 5.37. The third-order valence-corrected chi connectivity index (χ3v) is 5.69. The molecule has 0 aliphatic heterocycles. The minimum Gasteiger partial charge on any atom is -0.389 e. The first kappa shape index (κ1) is 17.3. The number of alkyl halides is 3. The van der Waals surface area contributed by atoms with Crippen LogP contribution in [-0.2, 0) is 10.0 Å². The maximum Gasteiger partial charge on any atom is 0.389 e. The van der Waals surface area contributed by atoms with E-state index in [2.05, 4.69) is 4.72 Å². The average Bonchev–Trinajstić information content (AvgIpc) is 2.76. The fourth-order valence-electron chi connectivity index (χ4n) is 1.33. The van der Waals surface area contributed by atoms with Crippen LogP contribution in [0.1, 0.15) is 24.1 Å². The molecule has 0 fully saturated rings. The quantitative estimate of drug-likeness (QED) is 0.587. The van der Waals surface area contributed by atoms with Crippen molar-refractivity contribution >= 4 is 38.6 Å². The molecule has 114 valence electrons. The van der Waals surface area contributed by atoms with Crippen LogP contribution in [-0.4, -0.2) is 26.1 Å². The van der Waals surface area contributed by atoms with Crippen LogP contribution >= 0.6 is 23.6 Å². The Morgan fingerprint density at radius 3 is 2.50 bits per heavy atom. The monoisotopic (exact) mass is 346 g/mol. The zero-order valence-corrected chi connectivity index (χ0v) is 12.7. The molecule has 10 heteroatoms. The normalized spacial score (nSPS) is 12.6. The maximum absolute atomic E-state index is 11.9. The molecule has 1 rings (SSSR count). The largest absolute Gasteiger partial charge is 0.389 e. The number of halogens is 3. The van der Waals surface area contributed by atoms with Gasteiger partial charge in [0, 0.05) is 13.0 Å². The predicted molar refractivity (Wildman–Crippen MR) is 75.3 cm³/mol. The van der Waals surface area contributed by atoms with Crippen LogP contribution in [0.4, 0.5) is 13.2 Å². The van der Waals surface area contributed by atoms with Crippen molar-refractivity contribution in [2.75, 3.05) is 6.54 Å².